The quantitative estimate of drug-likeness (QED) is 0.733. The molecule has 0 aliphatic carbocycles. The Labute approximate surface area is 167 Å². The van der Waals surface area contributed by atoms with Gasteiger partial charge < -0.3 is 18.9 Å². The van der Waals surface area contributed by atoms with Crippen molar-refractivity contribution in [1.82, 2.24) is 4.90 Å². The summed E-state index contributed by atoms with van der Waals surface area (Å²) in [6.45, 7) is 14.8. The van der Waals surface area contributed by atoms with E-state index >= 15 is 0 Å². The number of amides is 1. The van der Waals surface area contributed by atoms with Crippen LogP contribution in [-0.4, -0.2) is 48.0 Å². The van der Waals surface area contributed by atoms with E-state index in [0.717, 1.165) is 11.0 Å². The van der Waals surface area contributed by atoms with Crippen LogP contribution in [0, 0.1) is 11.3 Å². The standard InChI is InChI=1S/C21H29BN2O4/c1-19(2,3)26-18(25)24-12-15(13-24)16-9-8-14(11-23)10-17(16)22-27-20(4,5)21(6,7)28-22/h8-10,15H,12-13H2,1-7H3. The van der Waals surface area contributed by atoms with Crippen molar-refractivity contribution in [2.24, 2.45) is 0 Å². The fraction of sp³-hybridized carbons (Fsp3) is 0.619. The molecule has 0 N–H and O–H groups in total. The van der Waals surface area contributed by atoms with E-state index in [0.29, 0.717) is 18.7 Å². The molecule has 0 aromatic heterocycles. The van der Waals surface area contributed by atoms with Crippen LogP contribution in [0.5, 0.6) is 0 Å². The van der Waals surface area contributed by atoms with Crippen LogP contribution in [0.3, 0.4) is 0 Å². The molecule has 1 aromatic carbocycles. The molecule has 1 aromatic rings. The maximum Gasteiger partial charge on any atom is 0.495 e. The Hall–Kier alpha value is -2.04. The summed E-state index contributed by atoms with van der Waals surface area (Å²) in [6, 6.07) is 7.79. The summed E-state index contributed by atoms with van der Waals surface area (Å²) >= 11 is 0. The van der Waals surface area contributed by atoms with Gasteiger partial charge in [0, 0.05) is 19.0 Å². The maximum atomic E-state index is 12.2. The third kappa shape index (κ3) is 3.89. The van der Waals surface area contributed by atoms with E-state index < -0.39 is 23.9 Å². The van der Waals surface area contributed by atoms with Crippen molar-refractivity contribution in [1.29, 1.82) is 5.26 Å². The Kier molecular flexibility index (Phi) is 5.02. The van der Waals surface area contributed by atoms with E-state index in [1.54, 1.807) is 11.0 Å². The Balaban J connectivity index is 1.81. The van der Waals surface area contributed by atoms with E-state index in [2.05, 4.69) is 6.07 Å². The first-order chi connectivity index (χ1) is 12.8. The van der Waals surface area contributed by atoms with Crippen molar-refractivity contribution >= 4 is 18.7 Å². The maximum absolute atomic E-state index is 12.2. The Morgan fingerprint density at radius 3 is 2.29 bits per heavy atom. The zero-order valence-corrected chi connectivity index (χ0v) is 17.8. The second kappa shape index (κ2) is 6.79. The fourth-order valence-corrected chi connectivity index (χ4v) is 3.34. The Bertz CT molecular complexity index is 801. The molecule has 2 aliphatic rings. The Morgan fingerprint density at radius 2 is 1.79 bits per heavy atom. The molecule has 2 fully saturated rings. The number of carbonyl (C=O) groups excluding carboxylic acids is 1. The molecule has 0 atom stereocenters. The molecule has 2 aliphatic heterocycles. The van der Waals surface area contributed by atoms with Crippen molar-refractivity contribution in [3.05, 3.63) is 29.3 Å². The van der Waals surface area contributed by atoms with Gasteiger partial charge in [0.05, 0.1) is 22.8 Å². The van der Waals surface area contributed by atoms with Crippen LogP contribution < -0.4 is 5.46 Å². The largest absolute Gasteiger partial charge is 0.495 e. The number of benzene rings is 1. The number of ether oxygens (including phenoxy) is 1. The molecule has 0 bridgehead atoms. The van der Waals surface area contributed by atoms with E-state index in [-0.39, 0.29) is 12.0 Å². The lowest BCUT2D eigenvalue weighted by Gasteiger charge is -2.40. The second-order valence-electron chi connectivity index (χ2n) is 9.63. The molecule has 0 unspecified atom stereocenters. The number of nitrogens with zero attached hydrogens (tertiary/aromatic N) is 2. The van der Waals surface area contributed by atoms with Crippen LogP contribution in [0.15, 0.2) is 18.2 Å². The Morgan fingerprint density at radius 1 is 1.21 bits per heavy atom. The minimum atomic E-state index is -0.538. The number of hydrogen-bond acceptors (Lipinski definition) is 5. The van der Waals surface area contributed by atoms with Gasteiger partial charge in [0.2, 0.25) is 0 Å². The van der Waals surface area contributed by atoms with E-state index in [1.807, 2.05) is 60.6 Å². The zero-order chi connectivity index (χ0) is 20.9. The number of hydrogen-bond donors (Lipinski definition) is 0. The molecular weight excluding hydrogens is 355 g/mol. The monoisotopic (exact) mass is 384 g/mol. The summed E-state index contributed by atoms with van der Waals surface area (Å²) in [7, 11) is -0.538. The van der Waals surface area contributed by atoms with Crippen LogP contribution >= 0.6 is 0 Å². The minimum absolute atomic E-state index is 0.161. The topological polar surface area (TPSA) is 71.8 Å². The molecule has 7 heteroatoms. The number of nitriles is 1. The lowest BCUT2D eigenvalue weighted by atomic mass is 9.71. The molecule has 2 saturated heterocycles. The zero-order valence-electron chi connectivity index (χ0n) is 17.8. The summed E-state index contributed by atoms with van der Waals surface area (Å²) in [5, 5.41) is 9.33. The van der Waals surface area contributed by atoms with Crippen LogP contribution in [-0.2, 0) is 14.0 Å². The van der Waals surface area contributed by atoms with E-state index in [1.165, 1.54) is 0 Å². The van der Waals surface area contributed by atoms with Gasteiger partial charge in [-0.25, -0.2) is 4.79 Å². The molecule has 150 valence electrons. The molecule has 3 rings (SSSR count). The van der Waals surface area contributed by atoms with Crippen molar-refractivity contribution < 1.29 is 18.8 Å². The summed E-state index contributed by atoms with van der Waals surface area (Å²) in [5.41, 5.74) is 1.06. The van der Waals surface area contributed by atoms with Crippen LogP contribution in [0.2, 0.25) is 0 Å². The first kappa shape index (κ1) is 20.7. The van der Waals surface area contributed by atoms with E-state index in [4.69, 9.17) is 14.0 Å². The van der Waals surface area contributed by atoms with Crippen molar-refractivity contribution in [2.45, 2.75) is 71.2 Å². The van der Waals surface area contributed by atoms with Gasteiger partial charge in [-0.05, 0) is 71.6 Å². The van der Waals surface area contributed by atoms with Gasteiger partial charge >= 0.3 is 13.2 Å². The van der Waals surface area contributed by atoms with Crippen molar-refractivity contribution in [3.8, 4) is 6.07 Å². The van der Waals surface area contributed by atoms with Gasteiger partial charge in [-0.3, -0.25) is 0 Å². The van der Waals surface area contributed by atoms with Gasteiger partial charge in [0.25, 0.3) is 0 Å². The molecule has 1 amide bonds. The smallest absolute Gasteiger partial charge is 0.444 e. The molecule has 28 heavy (non-hydrogen) atoms. The molecule has 0 radical (unpaired) electrons. The molecule has 0 saturated carbocycles. The summed E-state index contributed by atoms with van der Waals surface area (Å²) < 4.78 is 17.9. The summed E-state index contributed by atoms with van der Waals surface area (Å²) in [6.07, 6.45) is -0.297. The van der Waals surface area contributed by atoms with Crippen LogP contribution in [0.1, 0.15) is 65.5 Å². The molecular formula is C21H29BN2O4. The highest BCUT2D eigenvalue weighted by molar-refractivity contribution is 6.62. The molecule has 6 nitrogen and oxygen atoms in total. The average molecular weight is 384 g/mol. The van der Waals surface area contributed by atoms with Gasteiger partial charge in [-0.15, -0.1) is 0 Å². The lowest BCUT2D eigenvalue weighted by Crippen LogP contribution is -2.52. The normalized spacial score (nSPS) is 21.2. The van der Waals surface area contributed by atoms with E-state index in [9.17, 15) is 10.1 Å². The number of rotatable bonds is 2. The summed E-state index contributed by atoms with van der Waals surface area (Å²) in [4.78, 5) is 13.9. The van der Waals surface area contributed by atoms with Gasteiger partial charge in [0.15, 0.2) is 0 Å². The SMILES string of the molecule is CC(C)(C)OC(=O)N1CC(c2ccc(C#N)cc2B2OC(C)(C)C(C)(C)O2)C1. The third-order valence-corrected chi connectivity index (χ3v) is 5.70. The fourth-order valence-electron chi connectivity index (χ4n) is 3.34. The van der Waals surface area contributed by atoms with Gasteiger partial charge in [-0.2, -0.15) is 5.26 Å². The number of carbonyl (C=O) groups is 1. The summed E-state index contributed by atoms with van der Waals surface area (Å²) in [5.74, 6) is 0.161. The highest BCUT2D eigenvalue weighted by atomic mass is 16.7. The minimum Gasteiger partial charge on any atom is -0.444 e. The van der Waals surface area contributed by atoms with Crippen LogP contribution in [0.25, 0.3) is 0 Å². The lowest BCUT2D eigenvalue weighted by molar-refractivity contribution is 0.00578. The van der Waals surface area contributed by atoms with Gasteiger partial charge in [0.1, 0.15) is 5.60 Å². The first-order valence-electron chi connectivity index (χ1n) is 9.70. The first-order valence-corrected chi connectivity index (χ1v) is 9.70. The van der Waals surface area contributed by atoms with Crippen LogP contribution in [0.4, 0.5) is 4.79 Å². The highest BCUT2D eigenvalue weighted by Crippen LogP contribution is 2.38. The highest BCUT2D eigenvalue weighted by Gasteiger charge is 2.53. The molecule has 2 heterocycles. The number of likely N-dealkylation sites (tertiary alicyclic amines) is 1. The predicted molar refractivity (Wildman–Crippen MR) is 107 cm³/mol. The second-order valence-corrected chi connectivity index (χ2v) is 9.63. The van der Waals surface area contributed by atoms with Crippen molar-refractivity contribution in [2.75, 3.05) is 13.1 Å². The average Bonchev–Trinajstić information content (AvgIpc) is 2.72. The molecule has 0 spiro atoms. The van der Waals surface area contributed by atoms with Gasteiger partial charge in [-0.1, -0.05) is 6.07 Å². The third-order valence-electron chi connectivity index (χ3n) is 5.70. The van der Waals surface area contributed by atoms with Crippen molar-refractivity contribution in [3.63, 3.8) is 0 Å². The predicted octanol–water partition coefficient (Wildman–Crippen LogP) is 3.19.